The average molecular weight is 728 g/mol. The number of primary amides is 1. The van der Waals surface area contributed by atoms with Crippen LogP contribution >= 0.6 is 23.5 Å². The number of phosphoric acid groups is 3. The zero-order valence-electron chi connectivity index (χ0n) is 23.5. The SMILES string of the molecule is NC(=O)c1ccc[n+](C2CC(OP(=O)(O)OP(=O)(O)OCC3OC(n4cnc5c(N)ncnc54)C(O)C3OP(=O)(O)O)C(O)C2O)c1. The molecule has 11 N–H and O–H groups in total. The molecule has 2 aliphatic rings. The van der Waals surface area contributed by atoms with Crippen molar-refractivity contribution in [3.63, 3.8) is 0 Å². The van der Waals surface area contributed by atoms with Crippen LogP contribution in [0.4, 0.5) is 5.82 Å². The average Bonchev–Trinajstić information content (AvgIpc) is 3.61. The molecule has 1 aliphatic heterocycles. The van der Waals surface area contributed by atoms with Crippen LogP contribution in [-0.2, 0) is 36.3 Å². The van der Waals surface area contributed by atoms with Gasteiger partial charge in [-0.2, -0.15) is 8.88 Å². The van der Waals surface area contributed by atoms with E-state index in [-0.39, 0.29) is 29.0 Å². The van der Waals surface area contributed by atoms with Crippen LogP contribution in [0.5, 0.6) is 0 Å². The first-order chi connectivity index (χ1) is 21.9. The quantitative estimate of drug-likeness (QED) is 0.0688. The van der Waals surface area contributed by atoms with Gasteiger partial charge in [0.25, 0.3) is 5.91 Å². The maximum atomic E-state index is 12.7. The molecule has 1 aliphatic carbocycles. The number of carbonyl (C=O) groups is 1. The minimum atomic E-state index is -5.58. The third-order valence-corrected chi connectivity index (χ3v) is 10.4. The van der Waals surface area contributed by atoms with E-state index >= 15 is 0 Å². The lowest BCUT2D eigenvalue weighted by Crippen LogP contribution is -2.45. The monoisotopic (exact) mass is 728 g/mol. The van der Waals surface area contributed by atoms with Crippen LogP contribution in [0.3, 0.4) is 0 Å². The number of rotatable bonds is 12. The van der Waals surface area contributed by atoms with Crippen molar-refractivity contribution in [3.05, 3.63) is 42.7 Å². The molecule has 47 heavy (non-hydrogen) atoms. The van der Waals surface area contributed by atoms with Crippen LogP contribution in [0.2, 0.25) is 0 Å². The highest BCUT2D eigenvalue weighted by molar-refractivity contribution is 7.61. The van der Waals surface area contributed by atoms with Crippen LogP contribution in [0.1, 0.15) is 29.0 Å². The summed E-state index contributed by atoms with van der Waals surface area (Å²) in [7, 11) is -16.4. The highest BCUT2D eigenvalue weighted by Gasteiger charge is 2.52. The molecule has 0 radical (unpaired) electrons. The van der Waals surface area contributed by atoms with Crippen molar-refractivity contribution in [2.45, 2.75) is 55.3 Å². The summed E-state index contributed by atoms with van der Waals surface area (Å²) in [6, 6.07) is 1.83. The van der Waals surface area contributed by atoms with Gasteiger partial charge in [-0.15, -0.1) is 0 Å². The molecule has 10 unspecified atom stereocenters. The number of amides is 1. The number of anilines is 1. The van der Waals surface area contributed by atoms with Crippen molar-refractivity contribution in [2.24, 2.45) is 5.73 Å². The van der Waals surface area contributed by atoms with E-state index in [0.29, 0.717) is 0 Å². The number of aliphatic hydroxyl groups is 3. The summed E-state index contributed by atoms with van der Waals surface area (Å²) in [6.45, 7) is -1.12. The van der Waals surface area contributed by atoms with E-state index < -0.39 is 84.9 Å². The summed E-state index contributed by atoms with van der Waals surface area (Å²) < 4.78 is 63.6. The number of aromatic nitrogens is 5. The van der Waals surface area contributed by atoms with Crippen molar-refractivity contribution >= 4 is 46.4 Å². The second-order valence-electron chi connectivity index (χ2n) is 10.3. The predicted octanol–water partition coefficient (Wildman–Crippen LogP) is -2.48. The molecule has 3 aromatic heterocycles. The third-order valence-electron chi connectivity index (χ3n) is 7.20. The van der Waals surface area contributed by atoms with Gasteiger partial charge < -0.3 is 51.1 Å². The highest BCUT2D eigenvalue weighted by atomic mass is 31.3. The number of nitrogens with zero attached hydrogens (tertiary/aromatic N) is 5. The molecule has 10 atom stereocenters. The van der Waals surface area contributed by atoms with Crippen molar-refractivity contribution in [3.8, 4) is 0 Å². The first-order valence-electron chi connectivity index (χ1n) is 13.2. The summed E-state index contributed by atoms with van der Waals surface area (Å²) in [4.78, 5) is 62.4. The Labute approximate surface area is 262 Å². The molecule has 258 valence electrons. The number of nitrogen functional groups attached to an aromatic ring is 1. The van der Waals surface area contributed by atoms with E-state index in [2.05, 4.69) is 23.8 Å². The van der Waals surface area contributed by atoms with Crippen LogP contribution in [0.15, 0.2) is 37.2 Å². The molecule has 1 amide bonds. The minimum absolute atomic E-state index is 0.0352. The second-order valence-corrected chi connectivity index (χ2v) is 14.5. The fourth-order valence-electron chi connectivity index (χ4n) is 5.15. The fraction of sp³-hybridized carbons (Fsp3) is 0.476. The summed E-state index contributed by atoms with van der Waals surface area (Å²) >= 11 is 0. The predicted molar refractivity (Wildman–Crippen MR) is 149 cm³/mol. The molecule has 5 rings (SSSR count). The van der Waals surface area contributed by atoms with Gasteiger partial charge in [0.15, 0.2) is 36.1 Å². The van der Waals surface area contributed by atoms with Gasteiger partial charge in [0.05, 0.1) is 12.9 Å². The number of fused-ring (bicyclic) bond motifs is 1. The van der Waals surface area contributed by atoms with Crippen LogP contribution < -0.4 is 16.0 Å². The maximum absolute atomic E-state index is 12.7. The standard InChI is InChI=1S/C21H28N7O16P3/c22-18-13-20(25-7-24-18)28(8-26-13)21-16(31)17(43-45(33,34)35)12(41-21)6-40-46(36,37)44-47(38,39)42-11-4-10(14(29)15(11)30)27-3-1-2-9(5-27)19(23)32/h1-3,5,7-8,10-12,14-17,21,29-31H,4,6H2,(H7-,22,23,24,25,32,33,34,35,36,37,38,39)/p+1. The molecule has 3 aromatic rings. The molecule has 2 fully saturated rings. The Hall–Kier alpha value is -2.82. The van der Waals surface area contributed by atoms with E-state index in [1.54, 1.807) is 0 Å². The van der Waals surface area contributed by atoms with E-state index in [0.717, 1.165) is 17.2 Å². The zero-order chi connectivity index (χ0) is 34.5. The number of aliphatic hydroxyl groups excluding tert-OH is 3. The maximum Gasteiger partial charge on any atom is 0.481 e. The molecule has 1 saturated carbocycles. The molecule has 4 heterocycles. The number of ether oxygens (including phenoxy) is 1. The zero-order valence-corrected chi connectivity index (χ0v) is 26.2. The van der Waals surface area contributed by atoms with Crippen molar-refractivity contribution < 1.29 is 80.6 Å². The molecular weight excluding hydrogens is 699 g/mol. The smallest absolute Gasteiger partial charge is 0.387 e. The summed E-state index contributed by atoms with van der Waals surface area (Å²) in [5.41, 5.74) is 11.2. The van der Waals surface area contributed by atoms with Crippen molar-refractivity contribution in [1.29, 1.82) is 0 Å². The van der Waals surface area contributed by atoms with Gasteiger partial charge in [-0.05, 0) is 6.07 Å². The lowest BCUT2D eigenvalue weighted by atomic mass is 10.1. The lowest BCUT2D eigenvalue weighted by Gasteiger charge is -2.23. The number of carbonyl (C=O) groups excluding carboxylic acids is 1. The molecule has 1 saturated heterocycles. The number of phosphoric ester groups is 3. The van der Waals surface area contributed by atoms with E-state index in [1.165, 1.54) is 29.1 Å². The van der Waals surface area contributed by atoms with Gasteiger partial charge >= 0.3 is 23.5 Å². The normalized spacial score (nSPS) is 30.7. The van der Waals surface area contributed by atoms with Crippen LogP contribution in [0.25, 0.3) is 11.2 Å². The Balaban J connectivity index is 1.26. The first kappa shape index (κ1) is 35.5. The topological polar surface area (TPSA) is 356 Å². The molecule has 0 aromatic carbocycles. The third kappa shape index (κ3) is 7.92. The Morgan fingerprint density at radius 1 is 1.04 bits per heavy atom. The Morgan fingerprint density at radius 2 is 1.77 bits per heavy atom. The van der Waals surface area contributed by atoms with Gasteiger partial charge in [-0.25, -0.2) is 28.6 Å². The minimum Gasteiger partial charge on any atom is -0.387 e. The van der Waals surface area contributed by atoms with Gasteiger partial charge in [0.1, 0.15) is 54.0 Å². The van der Waals surface area contributed by atoms with Crippen molar-refractivity contribution in [1.82, 2.24) is 19.5 Å². The lowest BCUT2D eigenvalue weighted by molar-refractivity contribution is -0.728. The number of hydrogen-bond acceptors (Lipinski definition) is 16. The van der Waals surface area contributed by atoms with Crippen LogP contribution in [-0.4, -0.2) is 104 Å². The first-order valence-corrected chi connectivity index (χ1v) is 17.7. The molecule has 26 heteroatoms. The van der Waals surface area contributed by atoms with Gasteiger partial charge in [0, 0.05) is 12.5 Å². The van der Waals surface area contributed by atoms with Gasteiger partial charge in [0.2, 0.25) is 0 Å². The molecule has 23 nitrogen and oxygen atoms in total. The Bertz CT molecular complexity index is 1790. The van der Waals surface area contributed by atoms with E-state index in [9.17, 15) is 53.4 Å². The second kappa shape index (κ2) is 13.2. The summed E-state index contributed by atoms with van der Waals surface area (Å²) in [5.74, 6) is -0.820. The summed E-state index contributed by atoms with van der Waals surface area (Å²) in [6.07, 6.45) is -7.50. The Kier molecular flexibility index (Phi) is 9.99. The van der Waals surface area contributed by atoms with Crippen molar-refractivity contribution in [2.75, 3.05) is 12.3 Å². The summed E-state index contributed by atoms with van der Waals surface area (Å²) in [5, 5.41) is 31.8. The number of pyridine rings is 1. The van der Waals surface area contributed by atoms with Gasteiger partial charge in [-0.3, -0.25) is 22.9 Å². The Morgan fingerprint density at radius 3 is 2.45 bits per heavy atom. The number of imidazole rings is 1. The van der Waals surface area contributed by atoms with E-state index in [4.69, 9.17) is 25.3 Å². The molecule has 0 bridgehead atoms. The van der Waals surface area contributed by atoms with Gasteiger partial charge in [-0.1, -0.05) is 0 Å². The van der Waals surface area contributed by atoms with E-state index in [1.807, 2.05) is 0 Å². The van der Waals surface area contributed by atoms with Crippen LogP contribution in [0, 0.1) is 0 Å². The number of nitrogens with two attached hydrogens (primary N) is 2. The number of hydrogen-bond donors (Lipinski definition) is 9. The molecule has 0 spiro atoms. The largest absolute Gasteiger partial charge is 0.481 e. The highest BCUT2D eigenvalue weighted by Crippen LogP contribution is 2.62. The fourth-order valence-corrected chi connectivity index (χ4v) is 8.00. The molecular formula is C21H29N7O16P3+.